The highest BCUT2D eigenvalue weighted by atomic mass is 19.2. The minimum absolute atomic E-state index is 0.0457. The average molecular weight is 349 g/mol. The van der Waals surface area contributed by atoms with Crippen molar-refractivity contribution in [2.75, 3.05) is 6.61 Å². The number of nitrogens with zero attached hydrogens (tertiary/aromatic N) is 1. The summed E-state index contributed by atoms with van der Waals surface area (Å²) in [6, 6.07) is 5.64. The van der Waals surface area contributed by atoms with E-state index in [2.05, 4.69) is 20.4 Å². The number of carbonyl (C=O) groups is 2. The second-order valence-electron chi connectivity index (χ2n) is 5.16. The molecule has 0 bridgehead atoms. The lowest BCUT2D eigenvalue weighted by molar-refractivity contribution is -0.123. The number of halogens is 2. The van der Waals surface area contributed by atoms with Crippen molar-refractivity contribution in [2.24, 2.45) is 0 Å². The van der Waals surface area contributed by atoms with E-state index in [-0.39, 0.29) is 24.8 Å². The lowest BCUT2D eigenvalue weighted by atomic mass is 10.2. The van der Waals surface area contributed by atoms with Crippen molar-refractivity contribution in [3.8, 4) is 11.6 Å². The predicted molar refractivity (Wildman–Crippen MR) is 80.8 cm³/mol. The van der Waals surface area contributed by atoms with E-state index in [1.54, 1.807) is 12.1 Å². The van der Waals surface area contributed by atoms with Crippen molar-refractivity contribution in [1.29, 1.82) is 0 Å². The van der Waals surface area contributed by atoms with Gasteiger partial charge in [-0.1, -0.05) is 6.07 Å². The Hall–Kier alpha value is -3.23. The number of amides is 2. The number of nitrogens with one attached hydrogen (secondary N) is 2. The standard InChI is InChI=1S/C16H13F2N3O4/c17-11-4-3-10(6-12(11)18)25-15-9(2-1-5-19-15)7-20-14(22)13-8-24-16(23)21-13/h1-6,13H,7-8H2,(H,20,22)(H,21,23)/t13-/m0/s1. The molecule has 25 heavy (non-hydrogen) atoms. The largest absolute Gasteiger partial charge is 0.447 e. The van der Waals surface area contributed by atoms with Crippen LogP contribution in [0.3, 0.4) is 0 Å². The van der Waals surface area contributed by atoms with Crippen LogP contribution in [0.25, 0.3) is 0 Å². The summed E-state index contributed by atoms with van der Waals surface area (Å²) in [4.78, 5) is 26.9. The van der Waals surface area contributed by atoms with Crippen molar-refractivity contribution in [2.45, 2.75) is 12.6 Å². The van der Waals surface area contributed by atoms with Gasteiger partial charge in [-0.2, -0.15) is 0 Å². The predicted octanol–water partition coefficient (Wildman–Crippen LogP) is 1.88. The molecule has 3 rings (SSSR count). The van der Waals surface area contributed by atoms with Gasteiger partial charge in [0.1, 0.15) is 18.4 Å². The van der Waals surface area contributed by atoms with Gasteiger partial charge < -0.3 is 20.1 Å². The Bertz CT molecular complexity index is 816. The van der Waals surface area contributed by atoms with Gasteiger partial charge in [-0.3, -0.25) is 4.79 Å². The van der Waals surface area contributed by atoms with E-state index < -0.39 is 29.7 Å². The lowest BCUT2D eigenvalue weighted by Crippen LogP contribution is -2.42. The number of alkyl carbamates (subject to hydrolysis) is 1. The molecular weight excluding hydrogens is 336 g/mol. The van der Waals surface area contributed by atoms with Crippen molar-refractivity contribution in [3.63, 3.8) is 0 Å². The molecule has 2 heterocycles. The molecule has 1 aromatic heterocycles. The van der Waals surface area contributed by atoms with E-state index in [0.29, 0.717) is 5.56 Å². The number of cyclic esters (lactones) is 1. The van der Waals surface area contributed by atoms with E-state index >= 15 is 0 Å². The van der Waals surface area contributed by atoms with Crippen LogP contribution in [0.1, 0.15) is 5.56 Å². The maximum Gasteiger partial charge on any atom is 0.407 e. The zero-order valence-corrected chi connectivity index (χ0v) is 12.8. The summed E-state index contributed by atoms with van der Waals surface area (Å²) in [5, 5.41) is 4.98. The number of hydrogen-bond donors (Lipinski definition) is 2. The first-order chi connectivity index (χ1) is 12.0. The number of ether oxygens (including phenoxy) is 2. The Morgan fingerprint density at radius 1 is 1.36 bits per heavy atom. The SMILES string of the molecule is O=C1N[C@H](C(=O)NCc2cccnc2Oc2ccc(F)c(F)c2)CO1. The Kier molecular flexibility index (Phi) is 4.73. The quantitative estimate of drug-likeness (QED) is 0.860. The summed E-state index contributed by atoms with van der Waals surface area (Å²) >= 11 is 0. The van der Waals surface area contributed by atoms with Crippen LogP contribution in [0.5, 0.6) is 11.6 Å². The molecule has 2 amide bonds. The second-order valence-corrected chi connectivity index (χ2v) is 5.16. The van der Waals surface area contributed by atoms with Crippen LogP contribution in [0.2, 0.25) is 0 Å². The van der Waals surface area contributed by atoms with Gasteiger partial charge in [0.2, 0.25) is 11.8 Å². The van der Waals surface area contributed by atoms with Crippen LogP contribution in [0.4, 0.5) is 13.6 Å². The van der Waals surface area contributed by atoms with E-state index in [1.165, 1.54) is 12.3 Å². The molecule has 0 spiro atoms. The summed E-state index contributed by atoms with van der Waals surface area (Å²) in [7, 11) is 0. The maximum absolute atomic E-state index is 13.3. The van der Waals surface area contributed by atoms with Gasteiger partial charge in [0, 0.05) is 24.4 Å². The fraction of sp³-hybridized carbons (Fsp3) is 0.188. The first-order valence-corrected chi connectivity index (χ1v) is 7.31. The van der Waals surface area contributed by atoms with Crippen LogP contribution in [0, 0.1) is 11.6 Å². The Morgan fingerprint density at radius 2 is 2.20 bits per heavy atom. The summed E-state index contributed by atoms with van der Waals surface area (Å²) in [5.74, 6) is -2.24. The highest BCUT2D eigenvalue weighted by Gasteiger charge is 2.28. The zero-order chi connectivity index (χ0) is 17.8. The molecule has 1 aliphatic heterocycles. The molecule has 1 fully saturated rings. The summed E-state index contributed by atoms with van der Waals surface area (Å²) in [5.41, 5.74) is 0.519. The molecule has 0 radical (unpaired) electrons. The molecule has 1 atom stereocenters. The molecule has 130 valence electrons. The molecule has 2 aromatic rings. The number of rotatable bonds is 5. The van der Waals surface area contributed by atoms with Gasteiger partial charge in [-0.15, -0.1) is 0 Å². The van der Waals surface area contributed by atoms with Gasteiger partial charge in [-0.05, 0) is 18.2 Å². The van der Waals surface area contributed by atoms with Crippen LogP contribution in [-0.4, -0.2) is 29.6 Å². The third kappa shape index (κ3) is 4.00. The smallest absolute Gasteiger partial charge is 0.407 e. The Balaban J connectivity index is 1.67. The van der Waals surface area contributed by atoms with Gasteiger partial charge in [0.25, 0.3) is 0 Å². The molecule has 0 aliphatic carbocycles. The van der Waals surface area contributed by atoms with E-state index in [9.17, 15) is 18.4 Å². The Morgan fingerprint density at radius 3 is 2.92 bits per heavy atom. The topological polar surface area (TPSA) is 89.6 Å². The maximum atomic E-state index is 13.3. The van der Waals surface area contributed by atoms with Crippen molar-refractivity contribution in [1.82, 2.24) is 15.6 Å². The van der Waals surface area contributed by atoms with Crippen LogP contribution >= 0.6 is 0 Å². The van der Waals surface area contributed by atoms with Gasteiger partial charge >= 0.3 is 6.09 Å². The van der Waals surface area contributed by atoms with Crippen molar-refractivity contribution in [3.05, 3.63) is 53.7 Å². The molecule has 0 unspecified atom stereocenters. The monoisotopic (exact) mass is 349 g/mol. The third-order valence-corrected chi connectivity index (χ3v) is 3.40. The lowest BCUT2D eigenvalue weighted by Gasteiger charge is -2.12. The normalized spacial score (nSPS) is 16.1. The van der Waals surface area contributed by atoms with Gasteiger partial charge in [0.15, 0.2) is 11.6 Å². The highest BCUT2D eigenvalue weighted by molar-refractivity contribution is 5.87. The average Bonchev–Trinajstić information content (AvgIpc) is 3.04. The molecule has 7 nitrogen and oxygen atoms in total. The number of benzene rings is 1. The molecule has 1 aromatic carbocycles. The summed E-state index contributed by atoms with van der Waals surface area (Å²) in [6.07, 6.45) is 0.815. The fourth-order valence-electron chi connectivity index (χ4n) is 2.13. The first kappa shape index (κ1) is 16.6. The molecule has 2 N–H and O–H groups in total. The zero-order valence-electron chi connectivity index (χ0n) is 12.8. The highest BCUT2D eigenvalue weighted by Crippen LogP contribution is 2.24. The molecule has 0 saturated carbocycles. The molecule has 9 heteroatoms. The summed E-state index contributed by atoms with van der Waals surface area (Å²) < 4.78 is 36.3. The second kappa shape index (κ2) is 7.12. The van der Waals surface area contributed by atoms with Crippen molar-refractivity contribution >= 4 is 12.0 Å². The molecule has 1 aliphatic rings. The van der Waals surface area contributed by atoms with Crippen LogP contribution in [0.15, 0.2) is 36.5 Å². The number of hydrogen-bond acceptors (Lipinski definition) is 5. The minimum Gasteiger partial charge on any atom is -0.447 e. The fourth-order valence-corrected chi connectivity index (χ4v) is 2.13. The number of pyridine rings is 1. The Labute approximate surface area is 141 Å². The summed E-state index contributed by atoms with van der Waals surface area (Å²) in [6.45, 7) is 0.0218. The van der Waals surface area contributed by atoms with Crippen molar-refractivity contribution < 1.29 is 27.8 Å². The number of carbonyl (C=O) groups excluding carboxylic acids is 2. The molecular formula is C16H13F2N3O4. The van der Waals surface area contributed by atoms with E-state index in [4.69, 9.17) is 4.74 Å². The van der Waals surface area contributed by atoms with E-state index in [1.807, 2.05) is 0 Å². The molecule has 1 saturated heterocycles. The first-order valence-electron chi connectivity index (χ1n) is 7.31. The van der Waals surface area contributed by atoms with Crippen LogP contribution < -0.4 is 15.4 Å². The van der Waals surface area contributed by atoms with Gasteiger partial charge in [-0.25, -0.2) is 18.6 Å². The van der Waals surface area contributed by atoms with Crippen LogP contribution in [-0.2, 0) is 16.1 Å². The van der Waals surface area contributed by atoms with E-state index in [0.717, 1.165) is 12.1 Å². The minimum atomic E-state index is -1.04. The van der Waals surface area contributed by atoms with Gasteiger partial charge in [0.05, 0.1) is 0 Å². The third-order valence-electron chi connectivity index (χ3n) is 3.40. The number of aromatic nitrogens is 1.